The third kappa shape index (κ3) is 5.52. The van der Waals surface area contributed by atoms with Crippen molar-refractivity contribution in [3.05, 3.63) is 0 Å². The number of nitrogens with one attached hydrogen (secondary N) is 1. The number of hydrogen-bond acceptors (Lipinski definition) is 5. The van der Waals surface area contributed by atoms with Crippen LogP contribution in [0.1, 0.15) is 20.8 Å². The molecule has 2 N–H and O–H groups in total. The van der Waals surface area contributed by atoms with Gasteiger partial charge in [-0.3, -0.25) is 0 Å². The predicted molar refractivity (Wildman–Crippen MR) is 70.8 cm³/mol. The summed E-state index contributed by atoms with van der Waals surface area (Å²) in [6.07, 6.45) is 1.93. The van der Waals surface area contributed by atoms with Gasteiger partial charge in [0.2, 0.25) is 0 Å². The molecule has 0 bridgehead atoms. The normalized spacial score (nSPS) is 16.4. The first-order valence-electron chi connectivity index (χ1n) is 5.43. The Morgan fingerprint density at radius 2 is 1.88 bits per heavy atom. The molecule has 0 aliphatic heterocycles. The Kier molecular flexibility index (Phi) is 7.63. The second-order valence-electron chi connectivity index (χ2n) is 4.12. The Morgan fingerprint density at radius 1 is 1.31 bits per heavy atom. The molecule has 0 saturated carbocycles. The molecule has 0 aromatic carbocycles. The van der Waals surface area contributed by atoms with Gasteiger partial charge in [-0.25, -0.2) is 8.42 Å². The molecule has 0 spiro atoms. The first kappa shape index (κ1) is 16.2. The van der Waals surface area contributed by atoms with Crippen LogP contribution >= 0.6 is 11.8 Å². The largest absolute Gasteiger partial charge is 0.395 e. The van der Waals surface area contributed by atoms with Crippen molar-refractivity contribution in [1.82, 2.24) is 5.32 Å². The van der Waals surface area contributed by atoms with E-state index >= 15 is 0 Å². The highest BCUT2D eigenvalue weighted by atomic mass is 32.2. The molecule has 0 amide bonds. The Bertz CT molecular complexity index is 274. The highest BCUT2D eigenvalue weighted by molar-refractivity contribution is 7.99. The maximum absolute atomic E-state index is 11.5. The van der Waals surface area contributed by atoms with Crippen LogP contribution in [0.25, 0.3) is 0 Å². The molecule has 98 valence electrons. The lowest BCUT2D eigenvalue weighted by Crippen LogP contribution is -2.40. The molecule has 0 heterocycles. The standard InChI is InChI=1S/C10H23NO3S2/c1-8(2)16(13,14)6-5-11-9(3)10(7-12)15-4/h8-12H,5-7H2,1-4H3. The van der Waals surface area contributed by atoms with Gasteiger partial charge in [0.05, 0.1) is 17.6 Å². The smallest absolute Gasteiger partial charge is 0.153 e. The van der Waals surface area contributed by atoms with E-state index in [1.165, 1.54) is 0 Å². The minimum absolute atomic E-state index is 0.103. The van der Waals surface area contributed by atoms with Crippen LogP contribution in [0.15, 0.2) is 0 Å². The molecule has 2 unspecified atom stereocenters. The van der Waals surface area contributed by atoms with E-state index in [0.29, 0.717) is 6.54 Å². The quantitative estimate of drug-likeness (QED) is 0.672. The van der Waals surface area contributed by atoms with Crippen LogP contribution in [0.3, 0.4) is 0 Å². The van der Waals surface area contributed by atoms with E-state index in [0.717, 1.165) is 0 Å². The van der Waals surface area contributed by atoms with E-state index in [1.54, 1.807) is 25.6 Å². The number of aliphatic hydroxyl groups is 1. The third-order valence-corrected chi connectivity index (χ3v) is 5.98. The average molecular weight is 269 g/mol. The molecule has 4 nitrogen and oxygen atoms in total. The fourth-order valence-corrected chi connectivity index (χ4v) is 2.76. The first-order chi connectivity index (χ1) is 7.35. The van der Waals surface area contributed by atoms with Crippen molar-refractivity contribution in [2.75, 3.05) is 25.2 Å². The molecule has 0 aliphatic carbocycles. The van der Waals surface area contributed by atoms with Crippen LogP contribution in [0.2, 0.25) is 0 Å². The van der Waals surface area contributed by atoms with Crippen LogP contribution in [-0.2, 0) is 9.84 Å². The molecule has 6 heteroatoms. The van der Waals surface area contributed by atoms with Gasteiger partial charge in [0, 0.05) is 17.8 Å². The fourth-order valence-electron chi connectivity index (χ4n) is 1.23. The lowest BCUT2D eigenvalue weighted by atomic mass is 10.2. The summed E-state index contributed by atoms with van der Waals surface area (Å²) in [6.45, 7) is 5.89. The number of aliphatic hydroxyl groups excluding tert-OH is 1. The van der Waals surface area contributed by atoms with E-state index in [4.69, 9.17) is 5.11 Å². The minimum atomic E-state index is -2.96. The SMILES string of the molecule is CSC(CO)C(C)NCCS(=O)(=O)C(C)C. The van der Waals surface area contributed by atoms with E-state index in [-0.39, 0.29) is 28.9 Å². The molecule has 2 atom stereocenters. The zero-order valence-corrected chi connectivity index (χ0v) is 12.1. The van der Waals surface area contributed by atoms with Gasteiger partial charge in [-0.2, -0.15) is 11.8 Å². The predicted octanol–water partition coefficient (Wildman–Crippen LogP) is 0.512. The monoisotopic (exact) mass is 269 g/mol. The Morgan fingerprint density at radius 3 is 2.25 bits per heavy atom. The van der Waals surface area contributed by atoms with Gasteiger partial charge in [0.25, 0.3) is 0 Å². The van der Waals surface area contributed by atoms with Crippen molar-refractivity contribution in [3.63, 3.8) is 0 Å². The molecular weight excluding hydrogens is 246 g/mol. The molecule has 0 aliphatic rings. The number of sulfone groups is 1. The van der Waals surface area contributed by atoms with Crippen molar-refractivity contribution in [1.29, 1.82) is 0 Å². The van der Waals surface area contributed by atoms with Crippen molar-refractivity contribution >= 4 is 21.6 Å². The Balaban J connectivity index is 3.99. The van der Waals surface area contributed by atoms with Crippen LogP contribution < -0.4 is 5.32 Å². The molecule has 0 aromatic rings. The molecular formula is C10H23NO3S2. The Labute approximate surface area is 103 Å². The van der Waals surface area contributed by atoms with Crippen LogP contribution in [-0.4, -0.2) is 55.2 Å². The van der Waals surface area contributed by atoms with Crippen molar-refractivity contribution in [2.24, 2.45) is 0 Å². The summed E-state index contributed by atoms with van der Waals surface area (Å²) in [4.78, 5) is 0. The van der Waals surface area contributed by atoms with Gasteiger partial charge in [-0.1, -0.05) is 0 Å². The topological polar surface area (TPSA) is 66.4 Å². The summed E-state index contributed by atoms with van der Waals surface area (Å²) in [7, 11) is -2.96. The zero-order valence-electron chi connectivity index (χ0n) is 10.4. The summed E-state index contributed by atoms with van der Waals surface area (Å²) >= 11 is 1.58. The molecule has 0 saturated heterocycles. The summed E-state index contributed by atoms with van der Waals surface area (Å²) in [5.41, 5.74) is 0. The maximum Gasteiger partial charge on any atom is 0.153 e. The van der Waals surface area contributed by atoms with Crippen molar-refractivity contribution in [2.45, 2.75) is 37.3 Å². The van der Waals surface area contributed by atoms with Crippen molar-refractivity contribution in [3.8, 4) is 0 Å². The second kappa shape index (κ2) is 7.53. The van der Waals surface area contributed by atoms with Crippen molar-refractivity contribution < 1.29 is 13.5 Å². The van der Waals surface area contributed by atoms with E-state index in [9.17, 15) is 8.42 Å². The molecule has 0 rings (SSSR count). The number of hydrogen-bond donors (Lipinski definition) is 2. The lowest BCUT2D eigenvalue weighted by Gasteiger charge is -2.21. The summed E-state index contributed by atoms with van der Waals surface area (Å²) in [5, 5.41) is 12.0. The number of rotatable bonds is 8. The lowest BCUT2D eigenvalue weighted by molar-refractivity contribution is 0.277. The van der Waals surface area contributed by atoms with E-state index in [2.05, 4.69) is 5.32 Å². The summed E-state index contributed by atoms with van der Waals surface area (Å²) < 4.78 is 23.1. The molecule has 0 aromatic heterocycles. The summed E-state index contributed by atoms with van der Waals surface area (Å²) in [6, 6.07) is 0.113. The van der Waals surface area contributed by atoms with E-state index < -0.39 is 9.84 Å². The highest BCUT2D eigenvalue weighted by Crippen LogP contribution is 2.10. The van der Waals surface area contributed by atoms with Gasteiger partial charge in [-0.15, -0.1) is 0 Å². The fraction of sp³-hybridized carbons (Fsp3) is 1.00. The van der Waals surface area contributed by atoms with Gasteiger partial charge in [0.15, 0.2) is 9.84 Å². The summed E-state index contributed by atoms with van der Waals surface area (Å²) in [5.74, 6) is 0.154. The molecule has 0 fully saturated rings. The van der Waals surface area contributed by atoms with Gasteiger partial charge in [0.1, 0.15) is 0 Å². The first-order valence-corrected chi connectivity index (χ1v) is 8.44. The van der Waals surface area contributed by atoms with Crippen LogP contribution in [0.4, 0.5) is 0 Å². The van der Waals surface area contributed by atoms with Gasteiger partial charge in [-0.05, 0) is 27.0 Å². The molecule has 0 radical (unpaired) electrons. The maximum atomic E-state index is 11.5. The van der Waals surface area contributed by atoms with Gasteiger partial charge >= 0.3 is 0 Å². The van der Waals surface area contributed by atoms with Crippen LogP contribution in [0.5, 0.6) is 0 Å². The molecule has 16 heavy (non-hydrogen) atoms. The zero-order chi connectivity index (χ0) is 12.8. The number of thioether (sulfide) groups is 1. The highest BCUT2D eigenvalue weighted by Gasteiger charge is 2.18. The third-order valence-electron chi connectivity index (χ3n) is 2.61. The van der Waals surface area contributed by atoms with Crippen LogP contribution in [0, 0.1) is 0 Å². The second-order valence-corrected chi connectivity index (χ2v) is 7.87. The van der Waals surface area contributed by atoms with Gasteiger partial charge < -0.3 is 10.4 Å². The van der Waals surface area contributed by atoms with E-state index in [1.807, 2.05) is 13.2 Å². The minimum Gasteiger partial charge on any atom is -0.395 e. The Hall–Kier alpha value is 0.220. The average Bonchev–Trinajstić information content (AvgIpc) is 2.19.